The highest BCUT2D eigenvalue weighted by Crippen LogP contribution is 2.28. The van der Waals surface area contributed by atoms with Gasteiger partial charge in [-0.1, -0.05) is 12.1 Å². The van der Waals surface area contributed by atoms with Crippen molar-refractivity contribution < 1.29 is 33.2 Å². The van der Waals surface area contributed by atoms with Crippen molar-refractivity contribution in [1.29, 1.82) is 0 Å². The van der Waals surface area contributed by atoms with Gasteiger partial charge < -0.3 is 29.0 Å². The molecule has 0 saturated carbocycles. The number of halogens is 2. The van der Waals surface area contributed by atoms with Crippen molar-refractivity contribution in [1.82, 2.24) is 19.5 Å². The van der Waals surface area contributed by atoms with Crippen LogP contribution in [-0.2, 0) is 24.3 Å². The normalized spacial score (nSPS) is 11.4. The molecule has 3 heterocycles. The number of hydrogen-bond donors (Lipinski definition) is 2. The highest BCUT2D eigenvalue weighted by atomic mass is 19.1. The molecule has 5 rings (SSSR count). The van der Waals surface area contributed by atoms with E-state index in [-0.39, 0.29) is 35.7 Å². The van der Waals surface area contributed by atoms with Gasteiger partial charge >= 0.3 is 0 Å². The molecule has 41 heavy (non-hydrogen) atoms. The summed E-state index contributed by atoms with van der Waals surface area (Å²) in [5, 5.41) is 19.2. The van der Waals surface area contributed by atoms with E-state index in [9.17, 15) is 10.2 Å². The number of aliphatic hydroxyl groups is 2. The van der Waals surface area contributed by atoms with E-state index in [1.165, 1.54) is 7.11 Å². The molecule has 0 radical (unpaired) electrons. The average Bonchev–Trinajstić information content (AvgIpc) is 3.33. The van der Waals surface area contributed by atoms with Gasteiger partial charge in [-0.05, 0) is 42.0 Å². The van der Waals surface area contributed by atoms with Crippen LogP contribution in [-0.4, -0.2) is 50.6 Å². The van der Waals surface area contributed by atoms with E-state index >= 15 is 8.78 Å². The van der Waals surface area contributed by atoms with Gasteiger partial charge in [0, 0.05) is 55.1 Å². The average molecular weight is 563 g/mol. The van der Waals surface area contributed by atoms with Gasteiger partial charge in [-0.25, -0.2) is 23.7 Å². The largest absolute Gasteiger partial charge is 0.481 e. The summed E-state index contributed by atoms with van der Waals surface area (Å²) in [6, 6.07) is 15.5. The Balaban J connectivity index is 1.39. The fourth-order valence-electron chi connectivity index (χ4n) is 4.43. The van der Waals surface area contributed by atoms with E-state index in [0.717, 1.165) is 17.7 Å². The third-order valence-electron chi connectivity index (χ3n) is 6.55. The lowest BCUT2D eigenvalue weighted by atomic mass is 10.0. The summed E-state index contributed by atoms with van der Waals surface area (Å²) in [4.78, 5) is 13.1. The third kappa shape index (κ3) is 6.32. The monoisotopic (exact) mass is 562 g/mol. The first kappa shape index (κ1) is 28.1. The lowest BCUT2D eigenvalue weighted by Gasteiger charge is -2.12. The van der Waals surface area contributed by atoms with Crippen LogP contribution in [0.3, 0.4) is 0 Å². The van der Waals surface area contributed by atoms with Gasteiger partial charge in [0.25, 0.3) is 0 Å². The quantitative estimate of drug-likeness (QED) is 0.225. The molecule has 0 fully saturated rings. The maximum absolute atomic E-state index is 15.4. The van der Waals surface area contributed by atoms with Gasteiger partial charge in [0.2, 0.25) is 11.8 Å². The second-order valence-electron chi connectivity index (χ2n) is 9.25. The summed E-state index contributed by atoms with van der Waals surface area (Å²) in [5.41, 5.74) is 2.64. The number of hydrogen-bond acceptors (Lipinski definition) is 8. The van der Waals surface area contributed by atoms with Crippen molar-refractivity contribution in [3.05, 3.63) is 101 Å². The fraction of sp³-hybridized carbons (Fsp3) is 0.233. The van der Waals surface area contributed by atoms with Gasteiger partial charge in [-0.3, -0.25) is 0 Å². The molecule has 3 aromatic heterocycles. The molecule has 212 valence electrons. The first-order valence-corrected chi connectivity index (χ1v) is 12.8. The molecule has 0 aliphatic heterocycles. The summed E-state index contributed by atoms with van der Waals surface area (Å²) >= 11 is 0. The molecule has 0 atom stereocenters. The van der Waals surface area contributed by atoms with E-state index in [1.807, 2.05) is 6.07 Å². The molecular formula is C30H28F2N4O5. The Hall–Kier alpha value is -4.45. The SMILES string of the molecule is COCCn1c(Cc2cc(F)c(-c3cccc(OCc4ccc(OC)nc4)n3)cc2F)nc2ccc(C(O)O)cc21. The molecular weight excluding hydrogens is 534 g/mol. The van der Waals surface area contributed by atoms with Gasteiger partial charge in [0.05, 0.1) is 30.4 Å². The maximum atomic E-state index is 15.4. The molecule has 9 nitrogen and oxygen atoms in total. The first-order chi connectivity index (χ1) is 19.9. The fourth-order valence-corrected chi connectivity index (χ4v) is 4.43. The third-order valence-corrected chi connectivity index (χ3v) is 6.55. The Morgan fingerprint density at radius 3 is 2.51 bits per heavy atom. The molecule has 0 aliphatic carbocycles. The van der Waals surface area contributed by atoms with Crippen LogP contribution in [0.5, 0.6) is 11.8 Å². The Morgan fingerprint density at radius 2 is 1.78 bits per heavy atom. The van der Waals surface area contributed by atoms with Crippen molar-refractivity contribution in [2.75, 3.05) is 20.8 Å². The van der Waals surface area contributed by atoms with Gasteiger partial charge in [0.15, 0.2) is 6.29 Å². The Kier molecular flexibility index (Phi) is 8.48. The Bertz CT molecular complexity index is 1660. The minimum Gasteiger partial charge on any atom is -0.481 e. The second kappa shape index (κ2) is 12.4. The minimum atomic E-state index is -1.65. The van der Waals surface area contributed by atoms with Crippen LogP contribution in [0.1, 0.15) is 28.8 Å². The van der Waals surface area contributed by atoms with Crippen molar-refractivity contribution in [3.8, 4) is 23.0 Å². The second-order valence-corrected chi connectivity index (χ2v) is 9.25. The van der Waals surface area contributed by atoms with E-state index in [1.54, 1.807) is 60.3 Å². The maximum Gasteiger partial charge on any atom is 0.214 e. The summed E-state index contributed by atoms with van der Waals surface area (Å²) in [5.74, 6) is -0.0420. The number of aromatic nitrogens is 4. The number of fused-ring (bicyclic) bond motifs is 1. The number of methoxy groups -OCH3 is 2. The Morgan fingerprint density at radius 1 is 0.927 bits per heavy atom. The number of aliphatic hydroxyl groups excluding tert-OH is 1. The summed E-state index contributed by atoms with van der Waals surface area (Å²) in [7, 11) is 3.09. The molecule has 0 saturated heterocycles. The van der Waals surface area contributed by atoms with Crippen LogP contribution >= 0.6 is 0 Å². The molecule has 11 heteroatoms. The highest BCUT2D eigenvalue weighted by Gasteiger charge is 2.18. The number of benzene rings is 2. The molecule has 0 aliphatic rings. The Labute approximate surface area is 234 Å². The minimum absolute atomic E-state index is 0.00252. The van der Waals surface area contributed by atoms with Gasteiger partial charge in [0.1, 0.15) is 24.1 Å². The van der Waals surface area contributed by atoms with Crippen LogP contribution in [0.25, 0.3) is 22.3 Å². The van der Waals surface area contributed by atoms with Crippen molar-refractivity contribution in [3.63, 3.8) is 0 Å². The van der Waals surface area contributed by atoms with E-state index < -0.39 is 17.9 Å². The van der Waals surface area contributed by atoms with Crippen LogP contribution in [0.4, 0.5) is 8.78 Å². The molecule has 0 spiro atoms. The number of pyridine rings is 2. The predicted octanol–water partition coefficient (Wildman–Crippen LogP) is 4.58. The number of imidazole rings is 1. The molecule has 2 aromatic carbocycles. The number of rotatable bonds is 11. The number of nitrogens with zero attached hydrogens (tertiary/aromatic N) is 4. The lowest BCUT2D eigenvalue weighted by Crippen LogP contribution is -2.10. The zero-order valence-corrected chi connectivity index (χ0v) is 22.4. The summed E-state index contributed by atoms with van der Waals surface area (Å²) in [6.45, 7) is 0.921. The smallest absolute Gasteiger partial charge is 0.214 e. The van der Waals surface area contributed by atoms with Gasteiger partial charge in [-0.2, -0.15) is 0 Å². The van der Waals surface area contributed by atoms with Crippen molar-refractivity contribution in [2.24, 2.45) is 0 Å². The summed E-state index contributed by atoms with van der Waals surface area (Å²) < 4.78 is 48.5. The van der Waals surface area contributed by atoms with Crippen molar-refractivity contribution in [2.45, 2.75) is 25.9 Å². The standard InChI is InChI=1S/C30H28F2N4O5/c1-39-11-10-36-26-13-19(30(37)38)7-8-25(26)34-27(36)14-20-12-23(32)21(15-22(20)31)24-4-3-5-29(35-24)41-17-18-6-9-28(40-2)33-16-18/h3-9,12-13,15-16,30,37-38H,10-11,14,17H2,1-2H3. The summed E-state index contributed by atoms with van der Waals surface area (Å²) in [6.07, 6.45) is -0.0236. The molecule has 5 aromatic rings. The van der Waals surface area contributed by atoms with Crippen LogP contribution in [0.15, 0.2) is 66.9 Å². The first-order valence-electron chi connectivity index (χ1n) is 12.8. The van der Waals surface area contributed by atoms with Crippen LogP contribution in [0, 0.1) is 11.6 Å². The zero-order valence-electron chi connectivity index (χ0n) is 22.4. The highest BCUT2D eigenvalue weighted by molar-refractivity contribution is 5.77. The molecule has 0 bridgehead atoms. The van der Waals surface area contributed by atoms with E-state index in [2.05, 4.69) is 15.0 Å². The van der Waals surface area contributed by atoms with Crippen LogP contribution in [0.2, 0.25) is 0 Å². The van der Waals surface area contributed by atoms with E-state index in [4.69, 9.17) is 14.2 Å². The van der Waals surface area contributed by atoms with Crippen molar-refractivity contribution >= 4 is 11.0 Å². The predicted molar refractivity (Wildman–Crippen MR) is 146 cm³/mol. The zero-order chi connectivity index (χ0) is 28.9. The van der Waals surface area contributed by atoms with E-state index in [0.29, 0.717) is 41.5 Å². The lowest BCUT2D eigenvalue weighted by molar-refractivity contribution is -0.0424. The number of ether oxygens (including phenoxy) is 3. The van der Waals surface area contributed by atoms with Gasteiger partial charge in [-0.15, -0.1) is 0 Å². The molecule has 2 N–H and O–H groups in total. The molecule has 0 unspecified atom stereocenters. The van der Waals surface area contributed by atoms with Crippen LogP contribution < -0.4 is 9.47 Å². The topological polar surface area (TPSA) is 112 Å². The molecule has 0 amide bonds.